The maximum atomic E-state index is 13.8. The van der Waals surface area contributed by atoms with Gasteiger partial charge in [-0.05, 0) is 115 Å². The minimum atomic E-state index is -0.756. The SMILES string of the molecule is C=C(/C=C\C(C(=O)NC1C2CC3CC1CC(O)(C3)C2)=C(/I)SCCc1ccccc1)N1CCCC(CC(=O)O)C1. The summed E-state index contributed by atoms with van der Waals surface area (Å²) >= 11 is 4.00. The predicted molar refractivity (Wildman–Crippen MR) is 169 cm³/mol. The molecule has 1 aromatic carbocycles. The van der Waals surface area contributed by atoms with Gasteiger partial charge in [0.05, 0.1) is 14.1 Å². The minimum absolute atomic E-state index is 0.0486. The zero-order chi connectivity index (χ0) is 28.3. The molecule has 8 heteroatoms. The van der Waals surface area contributed by atoms with Crippen LogP contribution in [-0.2, 0) is 16.0 Å². The molecule has 40 heavy (non-hydrogen) atoms. The van der Waals surface area contributed by atoms with Crippen LogP contribution >= 0.6 is 34.4 Å². The first kappa shape index (κ1) is 29.7. The second-order valence-corrected chi connectivity index (χ2v) is 15.3. The number of carbonyl (C=O) groups excluding carboxylic acids is 1. The molecule has 3 unspecified atom stereocenters. The van der Waals surface area contributed by atoms with E-state index in [-0.39, 0.29) is 24.3 Å². The average molecular weight is 677 g/mol. The molecule has 5 fully saturated rings. The molecule has 4 bridgehead atoms. The lowest BCUT2D eigenvalue weighted by atomic mass is 9.52. The molecule has 0 radical (unpaired) electrons. The number of allylic oxidation sites excluding steroid dienone is 1. The van der Waals surface area contributed by atoms with Gasteiger partial charge in [0.15, 0.2) is 0 Å². The number of nitrogens with zero attached hydrogens (tertiary/aromatic N) is 1. The first-order valence-electron chi connectivity index (χ1n) is 14.6. The molecule has 1 heterocycles. The number of hydrogen-bond donors (Lipinski definition) is 3. The van der Waals surface area contributed by atoms with Crippen LogP contribution < -0.4 is 5.32 Å². The van der Waals surface area contributed by atoms with Gasteiger partial charge in [-0.25, -0.2) is 0 Å². The second kappa shape index (κ2) is 13.0. The number of aliphatic hydroxyl groups is 1. The largest absolute Gasteiger partial charge is 0.481 e. The fraction of sp³-hybridized carbons (Fsp3) is 0.562. The highest BCUT2D eigenvalue weighted by Crippen LogP contribution is 2.55. The normalized spacial score (nSPS) is 31.8. The summed E-state index contributed by atoms with van der Waals surface area (Å²) in [7, 11) is 0. The lowest BCUT2D eigenvalue weighted by Gasteiger charge is -2.58. The van der Waals surface area contributed by atoms with E-state index in [1.165, 1.54) is 5.56 Å². The van der Waals surface area contributed by atoms with Gasteiger partial charge in [0, 0.05) is 37.0 Å². The topological polar surface area (TPSA) is 89.9 Å². The first-order valence-corrected chi connectivity index (χ1v) is 16.7. The highest BCUT2D eigenvalue weighted by Gasteiger charge is 2.55. The number of aliphatic carboxylic acids is 1. The first-order chi connectivity index (χ1) is 19.2. The molecule has 6 rings (SSSR count). The minimum Gasteiger partial charge on any atom is -0.481 e. The molecule has 3 N–H and O–H groups in total. The molecule has 0 aromatic heterocycles. The van der Waals surface area contributed by atoms with Gasteiger partial charge in [-0.3, -0.25) is 9.59 Å². The van der Waals surface area contributed by atoms with Crippen LogP contribution in [0.3, 0.4) is 0 Å². The predicted octanol–water partition coefficient (Wildman–Crippen LogP) is 5.92. The zero-order valence-corrected chi connectivity index (χ0v) is 26.0. The smallest absolute Gasteiger partial charge is 0.303 e. The van der Waals surface area contributed by atoms with E-state index in [0.717, 1.165) is 72.3 Å². The second-order valence-electron chi connectivity index (χ2n) is 12.3. The molecule has 3 atom stereocenters. The third kappa shape index (κ3) is 7.34. The fourth-order valence-corrected chi connectivity index (χ4v) is 9.60. The van der Waals surface area contributed by atoms with Gasteiger partial charge in [0.25, 0.3) is 5.91 Å². The molecule has 0 spiro atoms. The van der Waals surface area contributed by atoms with Crippen LogP contribution in [0.15, 0.2) is 63.2 Å². The molecule has 1 aliphatic heterocycles. The molecular formula is C32H41IN2O4S. The summed E-state index contributed by atoms with van der Waals surface area (Å²) in [5.74, 6) is 1.49. The molecule has 6 nitrogen and oxygen atoms in total. The van der Waals surface area contributed by atoms with Crippen molar-refractivity contribution < 1.29 is 19.8 Å². The number of rotatable bonds is 11. The summed E-state index contributed by atoms with van der Waals surface area (Å²) in [4.78, 5) is 27.2. The van der Waals surface area contributed by atoms with Gasteiger partial charge in [-0.15, -0.1) is 11.8 Å². The number of nitrogens with one attached hydrogen (secondary N) is 1. The van der Waals surface area contributed by atoms with E-state index in [1.807, 2.05) is 18.2 Å². The van der Waals surface area contributed by atoms with Gasteiger partial charge in [0.2, 0.25) is 0 Å². The number of amides is 1. The van der Waals surface area contributed by atoms with Crippen molar-refractivity contribution in [1.29, 1.82) is 0 Å². The Labute approximate surface area is 255 Å². The standard InChI is InChI=1S/C32H41IN2O4S/c1-21(35-12-5-8-23(20-35)16-28(36)37)9-10-27(30(33)40-13-11-22-6-3-2-4-7-22)31(38)34-29-25-14-24-15-26(29)19-32(39,17-24)18-25/h2-4,6-7,9-10,23-26,29,39H,1,5,8,11-20H2,(H,34,38)(H,36,37)/b10-9-,30-27-. The average Bonchev–Trinajstić information content (AvgIpc) is 2.90. The van der Waals surface area contributed by atoms with Crippen LogP contribution in [0.5, 0.6) is 0 Å². The molecule has 216 valence electrons. The summed E-state index contributed by atoms with van der Waals surface area (Å²) in [6, 6.07) is 10.5. The van der Waals surface area contributed by atoms with Crippen molar-refractivity contribution in [1.82, 2.24) is 10.2 Å². The summed E-state index contributed by atoms with van der Waals surface area (Å²) in [6.45, 7) is 5.80. The number of benzene rings is 1. The molecule has 4 aliphatic carbocycles. The Morgan fingerprint density at radius 3 is 2.55 bits per heavy atom. The van der Waals surface area contributed by atoms with Crippen molar-refractivity contribution in [3.63, 3.8) is 0 Å². The molecule has 1 saturated heterocycles. The van der Waals surface area contributed by atoms with Crippen molar-refractivity contribution in [2.75, 3.05) is 18.8 Å². The summed E-state index contributed by atoms with van der Waals surface area (Å²) < 4.78 is 0.958. The third-order valence-corrected chi connectivity index (χ3v) is 11.7. The van der Waals surface area contributed by atoms with E-state index < -0.39 is 11.6 Å². The lowest BCUT2D eigenvalue weighted by molar-refractivity contribution is -0.145. The van der Waals surface area contributed by atoms with Crippen molar-refractivity contribution in [3.8, 4) is 0 Å². The fourth-order valence-electron chi connectivity index (χ4n) is 7.68. The molecule has 5 aliphatic rings. The van der Waals surface area contributed by atoms with Crippen LogP contribution in [0.2, 0.25) is 0 Å². The highest BCUT2D eigenvalue weighted by atomic mass is 127. The quantitative estimate of drug-likeness (QED) is 0.153. The van der Waals surface area contributed by atoms with Crippen LogP contribution in [-0.4, -0.2) is 57.5 Å². The van der Waals surface area contributed by atoms with Gasteiger partial charge < -0.3 is 20.4 Å². The van der Waals surface area contributed by atoms with Crippen LogP contribution in [0.1, 0.15) is 56.9 Å². The van der Waals surface area contributed by atoms with Gasteiger partial charge >= 0.3 is 5.97 Å². The molecule has 1 aromatic rings. The third-order valence-electron chi connectivity index (χ3n) is 9.29. The number of thioether (sulfide) groups is 1. The number of halogens is 1. The van der Waals surface area contributed by atoms with Crippen LogP contribution in [0.25, 0.3) is 0 Å². The van der Waals surface area contributed by atoms with E-state index >= 15 is 0 Å². The van der Waals surface area contributed by atoms with E-state index in [4.69, 9.17) is 0 Å². The van der Waals surface area contributed by atoms with Gasteiger partial charge in [-0.1, -0.05) is 36.9 Å². The zero-order valence-electron chi connectivity index (χ0n) is 23.1. The van der Waals surface area contributed by atoms with E-state index in [1.54, 1.807) is 11.8 Å². The number of aryl methyl sites for hydroxylation is 1. The number of likely N-dealkylation sites (tertiary alicyclic amines) is 1. The summed E-state index contributed by atoms with van der Waals surface area (Å²) in [6.07, 6.45) is 11.5. The van der Waals surface area contributed by atoms with Crippen molar-refractivity contribution in [3.05, 3.63) is 68.8 Å². The number of piperidine rings is 1. The van der Waals surface area contributed by atoms with Crippen LogP contribution in [0.4, 0.5) is 0 Å². The van der Waals surface area contributed by atoms with E-state index in [9.17, 15) is 19.8 Å². The Morgan fingerprint density at radius 2 is 1.88 bits per heavy atom. The Bertz CT molecular complexity index is 1150. The lowest BCUT2D eigenvalue weighted by Crippen LogP contribution is -2.61. The van der Waals surface area contributed by atoms with Crippen molar-refractivity contribution in [2.24, 2.45) is 23.7 Å². The Kier molecular flexibility index (Phi) is 9.67. The Balaban J connectivity index is 1.28. The Morgan fingerprint density at radius 1 is 1.15 bits per heavy atom. The van der Waals surface area contributed by atoms with Gasteiger partial charge in [0.1, 0.15) is 0 Å². The maximum absolute atomic E-state index is 13.8. The monoisotopic (exact) mass is 676 g/mol. The number of carboxylic acids is 1. The number of hydrogen-bond acceptors (Lipinski definition) is 5. The van der Waals surface area contributed by atoms with E-state index in [0.29, 0.717) is 29.9 Å². The highest BCUT2D eigenvalue weighted by molar-refractivity contribution is 14.1. The number of carboxylic acid groups (broad SMARTS) is 1. The number of carbonyl (C=O) groups is 2. The maximum Gasteiger partial charge on any atom is 0.303 e. The van der Waals surface area contributed by atoms with Crippen molar-refractivity contribution in [2.45, 2.75) is 69.4 Å². The summed E-state index contributed by atoms with van der Waals surface area (Å²) in [5.41, 5.74) is 2.23. The molecular weight excluding hydrogens is 635 g/mol. The Hall–Kier alpha value is -1.78. The van der Waals surface area contributed by atoms with Crippen molar-refractivity contribution >= 4 is 46.2 Å². The van der Waals surface area contributed by atoms with Gasteiger partial charge in [-0.2, -0.15) is 0 Å². The molecule has 1 amide bonds. The molecule has 4 saturated carbocycles. The van der Waals surface area contributed by atoms with E-state index in [2.05, 4.69) is 63.7 Å². The van der Waals surface area contributed by atoms with Crippen LogP contribution in [0, 0.1) is 23.7 Å². The summed E-state index contributed by atoms with van der Waals surface area (Å²) in [5, 5.41) is 23.6.